The lowest BCUT2D eigenvalue weighted by Gasteiger charge is -2.47. The van der Waals surface area contributed by atoms with Gasteiger partial charge in [-0.05, 0) is 71.3 Å². The van der Waals surface area contributed by atoms with E-state index < -0.39 is 56.3 Å². The Labute approximate surface area is 287 Å². The number of nitrogens with zero attached hydrogens (tertiary/aromatic N) is 2. The molecule has 1 aromatic carbocycles. The Morgan fingerprint density at radius 2 is 1.60 bits per heavy atom. The number of urea groups is 1. The molecule has 2 heterocycles. The highest BCUT2D eigenvalue weighted by Crippen LogP contribution is 2.39. The fraction of sp³-hybridized carbons (Fsp3) is 0.743. The second-order valence-corrected chi connectivity index (χ2v) is 18.2. The Morgan fingerprint density at radius 1 is 0.979 bits per heavy atom. The van der Waals surface area contributed by atoms with Crippen LogP contribution in [0.1, 0.15) is 72.3 Å². The average Bonchev–Trinajstić information content (AvgIpc) is 3.02. The molecule has 1 saturated carbocycles. The summed E-state index contributed by atoms with van der Waals surface area (Å²) in [6.07, 6.45) is 5.46. The first kappa shape index (κ1) is 38.1. The van der Waals surface area contributed by atoms with Crippen molar-refractivity contribution in [2.24, 2.45) is 11.8 Å². The van der Waals surface area contributed by atoms with E-state index in [4.69, 9.17) is 0 Å². The van der Waals surface area contributed by atoms with Gasteiger partial charge < -0.3 is 31.3 Å². The Hall–Kier alpha value is -2.74. The molecule has 2 saturated heterocycles. The lowest BCUT2D eigenvalue weighted by molar-refractivity contribution is -0.133. The fourth-order valence-corrected chi connectivity index (χ4v) is 7.86. The molecule has 3 fully saturated rings. The van der Waals surface area contributed by atoms with Crippen LogP contribution in [-0.2, 0) is 25.8 Å². The number of carbonyl (C=O) groups is 3. The minimum Gasteiger partial charge on any atom is -0.390 e. The maximum absolute atomic E-state index is 14.2. The fourth-order valence-electron chi connectivity index (χ4n) is 7.26. The van der Waals surface area contributed by atoms with E-state index in [1.54, 1.807) is 4.90 Å². The number of rotatable bonds is 11. The van der Waals surface area contributed by atoms with Gasteiger partial charge >= 0.3 is 6.03 Å². The van der Waals surface area contributed by atoms with Crippen molar-refractivity contribution in [1.82, 2.24) is 31.1 Å². The first-order valence-corrected chi connectivity index (χ1v) is 19.4. The zero-order valence-electron chi connectivity index (χ0n) is 29.6. The van der Waals surface area contributed by atoms with Gasteiger partial charge in [0, 0.05) is 51.1 Å². The van der Waals surface area contributed by atoms with E-state index >= 15 is 0 Å². The van der Waals surface area contributed by atoms with Crippen LogP contribution < -0.4 is 21.3 Å². The van der Waals surface area contributed by atoms with E-state index in [0.717, 1.165) is 37.5 Å². The maximum Gasteiger partial charge on any atom is 0.318 e. The smallest absolute Gasteiger partial charge is 0.318 e. The molecule has 4 rings (SSSR count). The van der Waals surface area contributed by atoms with Crippen LogP contribution in [0.3, 0.4) is 0 Å². The molecular formula is C35H58N6O6S. The van der Waals surface area contributed by atoms with Gasteiger partial charge in [0.05, 0.1) is 22.9 Å². The van der Waals surface area contributed by atoms with Crippen LogP contribution in [0.4, 0.5) is 4.79 Å². The number of benzene rings is 1. The monoisotopic (exact) mass is 690 g/mol. The van der Waals surface area contributed by atoms with Gasteiger partial charge in [0.2, 0.25) is 11.8 Å². The van der Waals surface area contributed by atoms with E-state index in [1.165, 1.54) is 20.3 Å². The van der Waals surface area contributed by atoms with Crippen LogP contribution in [-0.4, -0.2) is 121 Å². The Morgan fingerprint density at radius 3 is 2.21 bits per heavy atom. The molecule has 270 valence electrons. The molecule has 6 atom stereocenters. The first-order valence-electron chi connectivity index (χ1n) is 17.5. The summed E-state index contributed by atoms with van der Waals surface area (Å²) in [6, 6.07) is 6.27. The third kappa shape index (κ3) is 9.92. The Kier molecular flexibility index (Phi) is 12.6. The molecule has 3 aliphatic rings. The zero-order valence-corrected chi connectivity index (χ0v) is 30.4. The third-order valence-electron chi connectivity index (χ3n) is 10.4. The SMILES string of the molecule is CC(C)(C)NC(=O)C1C[C@@H]2CCCC[C@@H]2CN1CC(O)C(Cc1ccccc1)NC(=O)[C@@H](NC(=O)N1CCNCC1)C(C)(C)S(C)(=O)=O. The number of piperidine rings is 1. The van der Waals surface area contributed by atoms with Crippen LogP contribution in [0.25, 0.3) is 0 Å². The summed E-state index contributed by atoms with van der Waals surface area (Å²) >= 11 is 0. The number of carbonyl (C=O) groups excluding carboxylic acids is 3. The van der Waals surface area contributed by atoms with Crippen LogP contribution >= 0.6 is 0 Å². The highest BCUT2D eigenvalue weighted by Gasteiger charge is 2.46. The Bertz CT molecular complexity index is 1360. The van der Waals surface area contributed by atoms with Crippen molar-refractivity contribution in [3.8, 4) is 0 Å². The Balaban J connectivity index is 1.60. The number of β-amino-alcohol motifs (C(OH)–C–C–N with tert-alkyl or cyclic N) is 1. The van der Waals surface area contributed by atoms with Gasteiger partial charge in [-0.3, -0.25) is 14.5 Å². The number of amides is 4. The summed E-state index contributed by atoms with van der Waals surface area (Å²) in [4.78, 5) is 44.7. The molecule has 0 radical (unpaired) electrons. The molecule has 3 unspecified atom stereocenters. The van der Waals surface area contributed by atoms with Crippen molar-refractivity contribution in [2.75, 3.05) is 45.5 Å². The summed E-state index contributed by atoms with van der Waals surface area (Å²) in [7, 11) is -3.83. The summed E-state index contributed by atoms with van der Waals surface area (Å²) in [6.45, 7) is 11.6. The van der Waals surface area contributed by atoms with E-state index in [-0.39, 0.29) is 18.9 Å². The average molecular weight is 691 g/mol. The lowest BCUT2D eigenvalue weighted by atomic mass is 9.72. The number of hydrogen-bond acceptors (Lipinski definition) is 8. The molecule has 48 heavy (non-hydrogen) atoms. The normalized spacial score (nSPS) is 24.5. The van der Waals surface area contributed by atoms with Gasteiger partial charge in [0.1, 0.15) is 6.04 Å². The summed E-state index contributed by atoms with van der Waals surface area (Å²) < 4.78 is 24.3. The second kappa shape index (κ2) is 15.9. The summed E-state index contributed by atoms with van der Waals surface area (Å²) in [5.74, 6) is 0.141. The van der Waals surface area contributed by atoms with Gasteiger partial charge in [-0.2, -0.15) is 0 Å². The predicted molar refractivity (Wildman–Crippen MR) is 187 cm³/mol. The number of aliphatic hydroxyl groups excluding tert-OH is 1. The number of fused-ring (bicyclic) bond motifs is 1. The number of piperazine rings is 1. The van der Waals surface area contributed by atoms with Gasteiger partial charge in [0.25, 0.3) is 0 Å². The molecule has 1 aromatic rings. The van der Waals surface area contributed by atoms with Crippen molar-refractivity contribution in [2.45, 2.75) is 108 Å². The minimum absolute atomic E-state index is 0.0621. The number of sulfone groups is 1. The summed E-state index contributed by atoms with van der Waals surface area (Å²) in [5.41, 5.74) is 0.462. The lowest BCUT2D eigenvalue weighted by Crippen LogP contribution is -2.65. The molecule has 2 aliphatic heterocycles. The zero-order chi connectivity index (χ0) is 35.3. The van der Waals surface area contributed by atoms with Crippen LogP contribution in [0.15, 0.2) is 30.3 Å². The molecule has 0 aromatic heterocycles. The third-order valence-corrected chi connectivity index (χ3v) is 12.5. The number of hydrogen-bond donors (Lipinski definition) is 5. The maximum atomic E-state index is 14.2. The van der Waals surface area contributed by atoms with Gasteiger partial charge in [-0.1, -0.05) is 49.6 Å². The van der Waals surface area contributed by atoms with Gasteiger partial charge in [-0.25, -0.2) is 13.2 Å². The van der Waals surface area contributed by atoms with E-state index in [9.17, 15) is 27.9 Å². The molecule has 5 N–H and O–H groups in total. The molecule has 13 heteroatoms. The van der Waals surface area contributed by atoms with Crippen molar-refractivity contribution < 1.29 is 27.9 Å². The van der Waals surface area contributed by atoms with Gasteiger partial charge in [-0.15, -0.1) is 0 Å². The van der Waals surface area contributed by atoms with Crippen molar-refractivity contribution in [3.05, 3.63) is 35.9 Å². The first-order chi connectivity index (χ1) is 22.5. The van der Waals surface area contributed by atoms with Crippen molar-refractivity contribution >= 4 is 27.7 Å². The molecule has 0 spiro atoms. The van der Waals surface area contributed by atoms with E-state index in [0.29, 0.717) is 44.6 Å². The van der Waals surface area contributed by atoms with Crippen molar-refractivity contribution in [3.63, 3.8) is 0 Å². The van der Waals surface area contributed by atoms with Crippen LogP contribution in [0.5, 0.6) is 0 Å². The van der Waals surface area contributed by atoms with E-state index in [1.807, 2.05) is 51.1 Å². The highest BCUT2D eigenvalue weighted by molar-refractivity contribution is 7.92. The number of likely N-dealkylation sites (tertiary alicyclic amines) is 1. The predicted octanol–water partition coefficient (Wildman–Crippen LogP) is 1.68. The number of aliphatic hydroxyl groups is 1. The van der Waals surface area contributed by atoms with Crippen LogP contribution in [0, 0.1) is 11.8 Å². The summed E-state index contributed by atoms with van der Waals surface area (Å²) in [5, 5.41) is 23.9. The largest absolute Gasteiger partial charge is 0.390 e. The molecule has 4 amide bonds. The van der Waals surface area contributed by atoms with E-state index in [2.05, 4.69) is 26.2 Å². The molecule has 0 bridgehead atoms. The molecule has 1 aliphatic carbocycles. The van der Waals surface area contributed by atoms with Crippen LogP contribution in [0.2, 0.25) is 0 Å². The quantitative estimate of drug-likeness (QED) is 0.235. The minimum atomic E-state index is -3.83. The van der Waals surface area contributed by atoms with Crippen molar-refractivity contribution in [1.29, 1.82) is 0 Å². The number of nitrogens with one attached hydrogen (secondary N) is 4. The topological polar surface area (TPSA) is 160 Å². The molecular weight excluding hydrogens is 632 g/mol. The molecule has 12 nitrogen and oxygen atoms in total. The highest BCUT2D eigenvalue weighted by atomic mass is 32.2. The standard InChI is InChI=1S/C35H58N6O6S/c1-34(2,3)39-31(43)28-21-25-14-10-11-15-26(25)22-41(28)23-29(42)27(20-24-12-8-7-9-13-24)37-32(44)30(35(4,5)48(6,46)47)38-33(45)40-18-16-36-17-19-40/h7-9,12-13,25-30,36,42H,10-11,14-23H2,1-6H3,(H,37,44)(H,38,45)(H,39,43)/t25-,26+,27?,28?,29?,30+/m0/s1. The van der Waals surface area contributed by atoms with Gasteiger partial charge in [0.15, 0.2) is 9.84 Å². The second-order valence-electron chi connectivity index (χ2n) is 15.6.